The van der Waals surface area contributed by atoms with E-state index in [2.05, 4.69) is 0 Å². The van der Waals surface area contributed by atoms with Crippen LogP contribution in [0.2, 0.25) is 0 Å². The molecule has 2 atom stereocenters. The molecule has 0 aromatic rings. The standard InChI is InChI=1S/C12H25NO2S/c1-12(13,10-14)6-2-3-8-16-9-11-5-4-7-15-11/h11,14H,2-10,13H2,1H3. The monoisotopic (exact) mass is 247 g/mol. The van der Waals surface area contributed by atoms with Gasteiger partial charge in [-0.15, -0.1) is 0 Å². The highest BCUT2D eigenvalue weighted by Crippen LogP contribution is 2.18. The Labute approximate surface area is 103 Å². The van der Waals surface area contributed by atoms with E-state index in [0.29, 0.717) is 6.10 Å². The molecule has 0 spiro atoms. The van der Waals surface area contributed by atoms with E-state index in [1.165, 1.54) is 25.0 Å². The Balaban J connectivity index is 1.88. The van der Waals surface area contributed by atoms with E-state index >= 15 is 0 Å². The molecule has 16 heavy (non-hydrogen) atoms. The molecule has 1 aliphatic heterocycles. The lowest BCUT2D eigenvalue weighted by Gasteiger charge is -2.21. The molecule has 4 heteroatoms. The van der Waals surface area contributed by atoms with Gasteiger partial charge in [0.1, 0.15) is 0 Å². The molecule has 0 saturated carbocycles. The van der Waals surface area contributed by atoms with Crippen LogP contribution in [-0.4, -0.2) is 41.5 Å². The summed E-state index contributed by atoms with van der Waals surface area (Å²) in [4.78, 5) is 0. The van der Waals surface area contributed by atoms with Gasteiger partial charge in [0, 0.05) is 17.9 Å². The second-order valence-corrected chi connectivity index (χ2v) is 6.13. The van der Waals surface area contributed by atoms with E-state index < -0.39 is 0 Å². The largest absolute Gasteiger partial charge is 0.394 e. The molecule has 1 rings (SSSR count). The number of nitrogens with two attached hydrogens (primary N) is 1. The van der Waals surface area contributed by atoms with Gasteiger partial charge in [0.05, 0.1) is 12.7 Å². The van der Waals surface area contributed by atoms with E-state index in [1.807, 2.05) is 18.7 Å². The highest BCUT2D eigenvalue weighted by molar-refractivity contribution is 7.99. The summed E-state index contributed by atoms with van der Waals surface area (Å²) in [5, 5.41) is 8.99. The summed E-state index contributed by atoms with van der Waals surface area (Å²) in [6, 6.07) is 0. The lowest BCUT2D eigenvalue weighted by Crippen LogP contribution is -2.39. The Morgan fingerprint density at radius 3 is 2.94 bits per heavy atom. The molecule has 0 radical (unpaired) electrons. The summed E-state index contributed by atoms with van der Waals surface area (Å²) < 4.78 is 5.56. The summed E-state index contributed by atoms with van der Waals surface area (Å²) in [5.41, 5.74) is 5.46. The quantitative estimate of drug-likeness (QED) is 0.642. The van der Waals surface area contributed by atoms with Crippen LogP contribution in [-0.2, 0) is 4.74 Å². The number of aliphatic hydroxyl groups is 1. The van der Waals surface area contributed by atoms with E-state index in [0.717, 1.165) is 25.2 Å². The van der Waals surface area contributed by atoms with Crippen molar-refractivity contribution in [1.82, 2.24) is 0 Å². The van der Waals surface area contributed by atoms with Gasteiger partial charge in [-0.1, -0.05) is 6.42 Å². The minimum atomic E-state index is -0.390. The van der Waals surface area contributed by atoms with E-state index in [4.69, 9.17) is 15.6 Å². The highest BCUT2D eigenvalue weighted by Gasteiger charge is 2.16. The van der Waals surface area contributed by atoms with Crippen LogP contribution in [0, 0.1) is 0 Å². The van der Waals surface area contributed by atoms with Gasteiger partial charge in [0.25, 0.3) is 0 Å². The van der Waals surface area contributed by atoms with Crippen molar-refractivity contribution in [3.05, 3.63) is 0 Å². The first-order valence-corrected chi connectivity index (χ1v) is 7.38. The van der Waals surface area contributed by atoms with E-state index in [-0.39, 0.29) is 12.1 Å². The summed E-state index contributed by atoms with van der Waals surface area (Å²) in [5.74, 6) is 2.32. The van der Waals surface area contributed by atoms with Gasteiger partial charge >= 0.3 is 0 Å². The Morgan fingerprint density at radius 2 is 2.31 bits per heavy atom. The number of thioether (sulfide) groups is 1. The maximum atomic E-state index is 8.99. The molecule has 0 aliphatic carbocycles. The summed E-state index contributed by atoms with van der Waals surface area (Å²) >= 11 is 1.98. The third kappa shape index (κ3) is 6.09. The fourth-order valence-electron chi connectivity index (χ4n) is 1.80. The average Bonchev–Trinajstić information content (AvgIpc) is 2.76. The van der Waals surface area contributed by atoms with Gasteiger partial charge in [-0.3, -0.25) is 0 Å². The lowest BCUT2D eigenvalue weighted by atomic mass is 9.98. The number of ether oxygens (including phenoxy) is 1. The minimum absolute atomic E-state index is 0.0794. The second kappa shape index (κ2) is 7.54. The number of unbranched alkanes of at least 4 members (excludes halogenated alkanes) is 1. The zero-order chi connectivity index (χ0) is 11.9. The van der Waals surface area contributed by atoms with Gasteiger partial charge in [0.15, 0.2) is 0 Å². The van der Waals surface area contributed by atoms with Crippen LogP contribution in [0.15, 0.2) is 0 Å². The van der Waals surface area contributed by atoms with Gasteiger partial charge < -0.3 is 15.6 Å². The first-order chi connectivity index (χ1) is 7.64. The normalized spacial score (nSPS) is 24.6. The molecule has 1 aliphatic rings. The fourth-order valence-corrected chi connectivity index (χ4v) is 2.90. The Bertz CT molecular complexity index is 182. The van der Waals surface area contributed by atoms with Crippen LogP contribution in [0.3, 0.4) is 0 Å². The maximum Gasteiger partial charge on any atom is 0.0666 e. The van der Waals surface area contributed by atoms with Crippen LogP contribution in [0.25, 0.3) is 0 Å². The van der Waals surface area contributed by atoms with Gasteiger partial charge in [-0.2, -0.15) is 11.8 Å². The molecule has 0 aromatic heterocycles. The SMILES string of the molecule is CC(N)(CO)CCCCSCC1CCCO1. The molecule has 0 bridgehead atoms. The van der Waals surface area contributed by atoms with Crippen LogP contribution in [0.1, 0.15) is 39.0 Å². The topological polar surface area (TPSA) is 55.5 Å². The Hall–Kier alpha value is 0.230. The maximum absolute atomic E-state index is 8.99. The third-order valence-electron chi connectivity index (χ3n) is 2.98. The summed E-state index contributed by atoms with van der Waals surface area (Å²) in [6.07, 6.45) is 6.16. The molecule has 1 heterocycles. The molecular formula is C12H25NO2S. The van der Waals surface area contributed by atoms with Crippen molar-refractivity contribution in [2.24, 2.45) is 5.73 Å². The lowest BCUT2D eigenvalue weighted by molar-refractivity contribution is 0.129. The Morgan fingerprint density at radius 1 is 1.50 bits per heavy atom. The molecule has 2 unspecified atom stereocenters. The van der Waals surface area contributed by atoms with Crippen molar-refractivity contribution in [1.29, 1.82) is 0 Å². The zero-order valence-corrected chi connectivity index (χ0v) is 11.1. The molecule has 3 nitrogen and oxygen atoms in total. The van der Waals surface area contributed by atoms with Gasteiger partial charge in [0.2, 0.25) is 0 Å². The van der Waals surface area contributed by atoms with Crippen molar-refractivity contribution >= 4 is 11.8 Å². The van der Waals surface area contributed by atoms with Crippen molar-refractivity contribution < 1.29 is 9.84 Å². The number of rotatable bonds is 8. The predicted molar refractivity (Wildman–Crippen MR) is 69.8 cm³/mol. The van der Waals surface area contributed by atoms with Crippen LogP contribution >= 0.6 is 11.8 Å². The second-order valence-electron chi connectivity index (χ2n) is 4.98. The third-order valence-corrected chi connectivity index (χ3v) is 4.16. The number of aliphatic hydroxyl groups excluding tert-OH is 1. The fraction of sp³-hybridized carbons (Fsp3) is 1.00. The first-order valence-electron chi connectivity index (χ1n) is 6.23. The van der Waals surface area contributed by atoms with Gasteiger partial charge in [-0.25, -0.2) is 0 Å². The smallest absolute Gasteiger partial charge is 0.0666 e. The first kappa shape index (κ1) is 14.3. The van der Waals surface area contributed by atoms with E-state index in [9.17, 15) is 0 Å². The molecular weight excluding hydrogens is 222 g/mol. The van der Waals surface area contributed by atoms with Crippen molar-refractivity contribution in [2.75, 3.05) is 24.7 Å². The van der Waals surface area contributed by atoms with Crippen LogP contribution in [0.5, 0.6) is 0 Å². The highest BCUT2D eigenvalue weighted by atomic mass is 32.2. The molecule has 1 fully saturated rings. The molecule has 1 saturated heterocycles. The Kier molecular flexibility index (Phi) is 6.73. The van der Waals surface area contributed by atoms with E-state index in [1.54, 1.807) is 0 Å². The van der Waals surface area contributed by atoms with Crippen molar-refractivity contribution in [3.8, 4) is 0 Å². The molecule has 3 N–H and O–H groups in total. The average molecular weight is 247 g/mol. The predicted octanol–water partition coefficient (Wildman–Crippen LogP) is 1.78. The van der Waals surface area contributed by atoms with Crippen molar-refractivity contribution in [2.45, 2.75) is 50.7 Å². The number of hydrogen-bond donors (Lipinski definition) is 2. The summed E-state index contributed by atoms with van der Waals surface area (Å²) in [7, 11) is 0. The minimum Gasteiger partial charge on any atom is -0.394 e. The van der Waals surface area contributed by atoms with Crippen molar-refractivity contribution in [3.63, 3.8) is 0 Å². The molecule has 0 aromatic carbocycles. The van der Waals surface area contributed by atoms with Crippen LogP contribution < -0.4 is 5.73 Å². The van der Waals surface area contributed by atoms with Gasteiger partial charge in [-0.05, 0) is 38.4 Å². The summed E-state index contributed by atoms with van der Waals surface area (Å²) in [6.45, 7) is 2.94. The zero-order valence-electron chi connectivity index (χ0n) is 10.3. The number of hydrogen-bond acceptors (Lipinski definition) is 4. The molecule has 0 amide bonds. The van der Waals surface area contributed by atoms with Crippen LogP contribution in [0.4, 0.5) is 0 Å². The molecule has 96 valence electrons.